The van der Waals surface area contributed by atoms with Crippen LogP contribution in [0.15, 0.2) is 29.2 Å². The summed E-state index contributed by atoms with van der Waals surface area (Å²) in [5, 5.41) is 9.77. The van der Waals surface area contributed by atoms with Crippen LogP contribution in [0.3, 0.4) is 0 Å². The summed E-state index contributed by atoms with van der Waals surface area (Å²) in [7, 11) is 1.39. The van der Waals surface area contributed by atoms with Crippen LogP contribution in [-0.4, -0.2) is 46.5 Å². The first-order valence-corrected chi connectivity index (χ1v) is 8.78. The Labute approximate surface area is 140 Å². The van der Waals surface area contributed by atoms with Gasteiger partial charge in [-0.25, -0.2) is 4.79 Å². The molecule has 2 heterocycles. The summed E-state index contributed by atoms with van der Waals surface area (Å²) in [6.07, 6.45) is 3.36. The fraction of sp³-hybridized carbons (Fsp3) is 0.529. The highest BCUT2D eigenvalue weighted by Gasteiger charge is 2.43. The topological polar surface area (TPSA) is 66.8 Å². The molecule has 1 aromatic carbocycles. The average Bonchev–Trinajstić information content (AvgIpc) is 2.81. The van der Waals surface area contributed by atoms with Gasteiger partial charge in [-0.1, -0.05) is 12.1 Å². The number of methoxy groups -OCH3 is 1. The van der Waals surface area contributed by atoms with E-state index in [-0.39, 0.29) is 18.1 Å². The Morgan fingerprint density at radius 1 is 1.22 bits per heavy atom. The summed E-state index contributed by atoms with van der Waals surface area (Å²) in [6, 6.07) is 8.35. The van der Waals surface area contributed by atoms with Gasteiger partial charge in [-0.2, -0.15) is 0 Å². The fourth-order valence-corrected chi connectivity index (χ4v) is 4.97. The molecule has 0 radical (unpaired) electrons. The van der Waals surface area contributed by atoms with Gasteiger partial charge in [-0.3, -0.25) is 4.79 Å². The van der Waals surface area contributed by atoms with Gasteiger partial charge in [0.1, 0.15) is 0 Å². The number of benzene rings is 1. The summed E-state index contributed by atoms with van der Waals surface area (Å²) in [6.45, 7) is 0. The van der Waals surface area contributed by atoms with Gasteiger partial charge in [0, 0.05) is 22.2 Å². The minimum absolute atomic E-state index is 0.183. The normalized spacial score (nSPS) is 26.1. The Morgan fingerprint density at radius 3 is 2.35 bits per heavy atom. The molecule has 1 N–H and O–H groups in total. The zero-order valence-corrected chi connectivity index (χ0v) is 13.9. The lowest BCUT2D eigenvalue weighted by atomic mass is 10.0. The van der Waals surface area contributed by atoms with E-state index >= 15 is 0 Å². The van der Waals surface area contributed by atoms with E-state index in [0.29, 0.717) is 11.7 Å². The predicted octanol–water partition coefficient (Wildman–Crippen LogP) is 3.17. The second-order valence-corrected chi connectivity index (χ2v) is 7.56. The maximum Gasteiger partial charge on any atom is 0.407 e. The third-order valence-electron chi connectivity index (χ3n) is 4.71. The van der Waals surface area contributed by atoms with E-state index in [1.807, 2.05) is 36.0 Å². The quantitative estimate of drug-likeness (QED) is 0.856. The molecule has 0 saturated carbocycles. The van der Waals surface area contributed by atoms with Crippen LogP contribution >= 0.6 is 11.8 Å². The Bertz CT molecular complexity index is 575. The number of hydrogen-bond donors (Lipinski definition) is 1. The van der Waals surface area contributed by atoms with Gasteiger partial charge in [0.05, 0.1) is 13.5 Å². The molecule has 6 heteroatoms. The van der Waals surface area contributed by atoms with Crippen LogP contribution < -0.4 is 0 Å². The zero-order chi connectivity index (χ0) is 16.4. The fourth-order valence-electron chi connectivity index (χ4n) is 3.65. The van der Waals surface area contributed by atoms with Gasteiger partial charge in [0.2, 0.25) is 0 Å². The number of piperidine rings is 1. The van der Waals surface area contributed by atoms with Gasteiger partial charge < -0.3 is 14.7 Å². The van der Waals surface area contributed by atoms with E-state index in [2.05, 4.69) is 4.74 Å². The third-order valence-corrected chi connectivity index (χ3v) is 5.98. The molecule has 2 bridgehead atoms. The number of ether oxygens (including phenoxy) is 1. The molecule has 0 spiro atoms. The predicted molar refractivity (Wildman–Crippen MR) is 87.7 cm³/mol. The maximum absolute atomic E-state index is 11.3. The van der Waals surface area contributed by atoms with Crippen molar-refractivity contribution in [1.29, 1.82) is 0 Å². The molecule has 2 saturated heterocycles. The van der Waals surface area contributed by atoms with E-state index in [1.165, 1.54) is 12.0 Å². The van der Waals surface area contributed by atoms with Crippen LogP contribution in [0.5, 0.6) is 0 Å². The first-order valence-electron chi connectivity index (χ1n) is 7.90. The molecular weight excluding hydrogens is 314 g/mol. The van der Waals surface area contributed by atoms with Gasteiger partial charge in [0.15, 0.2) is 0 Å². The molecule has 124 valence electrons. The Kier molecular flexibility index (Phi) is 4.80. The van der Waals surface area contributed by atoms with Crippen molar-refractivity contribution in [3.63, 3.8) is 0 Å². The second-order valence-electron chi connectivity index (χ2n) is 6.18. The van der Waals surface area contributed by atoms with Crippen molar-refractivity contribution in [1.82, 2.24) is 4.90 Å². The van der Waals surface area contributed by atoms with Crippen molar-refractivity contribution in [2.24, 2.45) is 0 Å². The molecule has 1 aromatic rings. The van der Waals surface area contributed by atoms with Crippen molar-refractivity contribution >= 4 is 23.8 Å². The van der Waals surface area contributed by atoms with Crippen LogP contribution in [0.2, 0.25) is 0 Å². The number of fused-ring (bicyclic) bond motifs is 2. The number of carbonyl (C=O) groups is 2. The van der Waals surface area contributed by atoms with E-state index < -0.39 is 6.09 Å². The van der Waals surface area contributed by atoms with Gasteiger partial charge in [-0.05, 0) is 43.4 Å². The van der Waals surface area contributed by atoms with Crippen LogP contribution in [0.4, 0.5) is 4.79 Å². The lowest BCUT2D eigenvalue weighted by molar-refractivity contribution is -0.139. The zero-order valence-electron chi connectivity index (χ0n) is 13.1. The van der Waals surface area contributed by atoms with Crippen LogP contribution in [0.1, 0.15) is 31.2 Å². The van der Waals surface area contributed by atoms with Crippen molar-refractivity contribution in [2.75, 3.05) is 7.11 Å². The largest absolute Gasteiger partial charge is 0.469 e. The molecule has 2 unspecified atom stereocenters. The first-order chi connectivity index (χ1) is 11.1. The number of nitrogens with zero attached hydrogens (tertiary/aromatic N) is 1. The maximum atomic E-state index is 11.3. The molecule has 2 fully saturated rings. The highest BCUT2D eigenvalue weighted by molar-refractivity contribution is 8.00. The standard InChI is InChI=1S/C17H21NO4S/c1-22-16(19)8-11-2-6-14(7-3-11)23-15-9-12-4-5-13(10-15)18(12)17(20)21/h2-3,6-7,12-13,15H,4-5,8-10H2,1H3,(H,20,21). The van der Waals surface area contributed by atoms with Gasteiger partial charge >= 0.3 is 12.1 Å². The monoisotopic (exact) mass is 335 g/mol. The molecular formula is C17H21NO4S. The highest BCUT2D eigenvalue weighted by Crippen LogP contribution is 2.42. The number of esters is 1. The number of thioether (sulfide) groups is 1. The van der Waals surface area contributed by atoms with E-state index in [4.69, 9.17) is 0 Å². The highest BCUT2D eigenvalue weighted by atomic mass is 32.2. The molecule has 23 heavy (non-hydrogen) atoms. The summed E-state index contributed by atoms with van der Waals surface area (Å²) in [4.78, 5) is 25.4. The van der Waals surface area contributed by atoms with Crippen LogP contribution in [0.25, 0.3) is 0 Å². The van der Waals surface area contributed by atoms with E-state index in [0.717, 1.165) is 31.2 Å². The molecule has 0 aliphatic carbocycles. The van der Waals surface area contributed by atoms with Crippen LogP contribution in [0, 0.1) is 0 Å². The average molecular weight is 335 g/mol. The van der Waals surface area contributed by atoms with Crippen molar-refractivity contribution < 1.29 is 19.4 Å². The molecule has 5 nitrogen and oxygen atoms in total. The van der Waals surface area contributed by atoms with E-state index in [1.54, 1.807) is 4.90 Å². The number of rotatable bonds is 4. The van der Waals surface area contributed by atoms with Gasteiger partial charge in [-0.15, -0.1) is 11.8 Å². The van der Waals surface area contributed by atoms with Crippen molar-refractivity contribution in [3.8, 4) is 0 Å². The minimum Gasteiger partial charge on any atom is -0.469 e. The number of amides is 1. The van der Waals surface area contributed by atoms with Crippen molar-refractivity contribution in [2.45, 2.75) is 54.3 Å². The smallest absolute Gasteiger partial charge is 0.407 e. The molecule has 3 rings (SSSR count). The van der Waals surface area contributed by atoms with Crippen LogP contribution in [-0.2, 0) is 16.0 Å². The first kappa shape index (κ1) is 16.2. The van der Waals surface area contributed by atoms with E-state index in [9.17, 15) is 14.7 Å². The Hall–Kier alpha value is -1.69. The number of hydrogen-bond acceptors (Lipinski definition) is 4. The lowest BCUT2D eigenvalue weighted by Crippen LogP contribution is -2.46. The minimum atomic E-state index is -0.770. The lowest BCUT2D eigenvalue weighted by Gasteiger charge is -2.36. The Balaban J connectivity index is 1.58. The van der Waals surface area contributed by atoms with Crippen molar-refractivity contribution in [3.05, 3.63) is 29.8 Å². The molecule has 2 aliphatic rings. The Morgan fingerprint density at radius 2 is 1.83 bits per heavy atom. The summed E-state index contributed by atoms with van der Waals surface area (Å²) < 4.78 is 4.67. The third kappa shape index (κ3) is 3.63. The SMILES string of the molecule is COC(=O)Cc1ccc(SC2CC3CCC(C2)N3C(=O)O)cc1. The second kappa shape index (κ2) is 6.83. The molecule has 1 amide bonds. The number of carbonyl (C=O) groups excluding carboxylic acids is 1. The summed E-state index contributed by atoms with van der Waals surface area (Å²) in [5.41, 5.74) is 0.946. The molecule has 2 aliphatic heterocycles. The number of carboxylic acid groups (broad SMARTS) is 1. The van der Waals surface area contributed by atoms with Gasteiger partial charge in [0.25, 0.3) is 0 Å². The summed E-state index contributed by atoms with van der Waals surface area (Å²) >= 11 is 1.82. The molecule has 0 aromatic heterocycles. The molecule has 2 atom stereocenters. The summed E-state index contributed by atoms with van der Waals surface area (Å²) in [5.74, 6) is -0.233.